The third kappa shape index (κ3) is 2.15. The maximum atomic E-state index is 11.7. The molecule has 1 aromatic rings. The van der Waals surface area contributed by atoms with E-state index in [0.29, 0.717) is 31.1 Å². The molecule has 0 aliphatic carbocycles. The molecule has 2 heterocycles. The van der Waals surface area contributed by atoms with Gasteiger partial charge < -0.3 is 10.1 Å². The molecule has 2 rings (SSSR count). The lowest BCUT2D eigenvalue weighted by atomic mass is 9.89. The molecule has 0 radical (unpaired) electrons. The first-order valence-electron chi connectivity index (χ1n) is 4.76. The summed E-state index contributed by atoms with van der Waals surface area (Å²) in [6.45, 7) is 5.92. The van der Waals surface area contributed by atoms with Crippen LogP contribution < -0.4 is 5.32 Å². The van der Waals surface area contributed by atoms with Crippen molar-refractivity contribution in [2.24, 2.45) is 5.41 Å². The minimum atomic E-state index is -0.144. The van der Waals surface area contributed by atoms with Gasteiger partial charge in [-0.2, -0.15) is 8.75 Å². The van der Waals surface area contributed by atoms with Crippen molar-refractivity contribution in [3.63, 3.8) is 0 Å². The van der Waals surface area contributed by atoms with Crippen molar-refractivity contribution >= 4 is 17.6 Å². The molecule has 5 nitrogen and oxygen atoms in total. The molecule has 6 heteroatoms. The van der Waals surface area contributed by atoms with E-state index in [1.165, 1.54) is 0 Å². The molecule has 0 saturated carbocycles. The number of nitrogens with zero attached hydrogens (tertiary/aromatic N) is 2. The molecule has 0 atom stereocenters. The Morgan fingerprint density at radius 3 is 2.80 bits per heavy atom. The van der Waals surface area contributed by atoms with Gasteiger partial charge in [0.05, 0.1) is 30.6 Å². The van der Waals surface area contributed by atoms with E-state index in [1.807, 2.05) is 0 Å². The molecule has 1 amide bonds. The average Bonchev–Trinajstić information content (AvgIpc) is 2.58. The molecule has 0 bridgehead atoms. The molecule has 1 fully saturated rings. The van der Waals surface area contributed by atoms with E-state index < -0.39 is 0 Å². The summed E-state index contributed by atoms with van der Waals surface area (Å²) in [7, 11) is 0. The van der Waals surface area contributed by atoms with Crippen LogP contribution in [0.5, 0.6) is 0 Å². The number of ether oxygens (including phenoxy) is 1. The van der Waals surface area contributed by atoms with Crippen molar-refractivity contribution in [2.75, 3.05) is 19.8 Å². The fourth-order valence-corrected chi connectivity index (χ4v) is 1.91. The molecule has 1 aromatic heterocycles. The Labute approximate surface area is 92.2 Å². The van der Waals surface area contributed by atoms with Crippen molar-refractivity contribution in [1.29, 1.82) is 0 Å². The summed E-state index contributed by atoms with van der Waals surface area (Å²) in [4.78, 5) is 11.7. The highest BCUT2D eigenvalue weighted by Crippen LogP contribution is 2.25. The number of aryl methyl sites for hydroxylation is 1. The van der Waals surface area contributed by atoms with Crippen LogP contribution in [0.2, 0.25) is 0 Å². The average molecular weight is 227 g/mol. The lowest BCUT2D eigenvalue weighted by Gasteiger charge is -2.37. The number of hydrogen-bond acceptors (Lipinski definition) is 5. The summed E-state index contributed by atoms with van der Waals surface area (Å²) >= 11 is 1.06. The van der Waals surface area contributed by atoms with E-state index >= 15 is 0 Å². The number of nitrogens with one attached hydrogen (secondary N) is 1. The molecule has 0 aromatic carbocycles. The fourth-order valence-electron chi connectivity index (χ4n) is 1.37. The van der Waals surface area contributed by atoms with Gasteiger partial charge in [-0.05, 0) is 6.92 Å². The smallest absolute Gasteiger partial charge is 0.272 e. The molecule has 1 aliphatic heterocycles. The molecule has 1 saturated heterocycles. The largest absolute Gasteiger partial charge is 0.380 e. The summed E-state index contributed by atoms with van der Waals surface area (Å²) in [5, 5.41) is 2.85. The van der Waals surface area contributed by atoms with Gasteiger partial charge in [-0.1, -0.05) is 6.92 Å². The van der Waals surface area contributed by atoms with Crippen LogP contribution in [-0.4, -0.2) is 34.4 Å². The van der Waals surface area contributed by atoms with Gasteiger partial charge in [-0.3, -0.25) is 4.79 Å². The first kappa shape index (κ1) is 10.5. The summed E-state index contributed by atoms with van der Waals surface area (Å²) in [5.74, 6) is -0.144. The Morgan fingerprint density at radius 2 is 2.33 bits per heavy atom. The van der Waals surface area contributed by atoms with Gasteiger partial charge in [0.25, 0.3) is 5.91 Å². The second-order valence-electron chi connectivity index (χ2n) is 4.18. The van der Waals surface area contributed by atoms with E-state index in [-0.39, 0.29) is 11.3 Å². The first-order chi connectivity index (χ1) is 7.11. The number of hydrogen-bond donors (Lipinski definition) is 1. The van der Waals surface area contributed by atoms with E-state index in [1.54, 1.807) is 6.92 Å². The second kappa shape index (κ2) is 3.86. The van der Waals surface area contributed by atoms with Crippen LogP contribution in [0.1, 0.15) is 23.1 Å². The third-order valence-electron chi connectivity index (χ3n) is 2.44. The van der Waals surface area contributed by atoms with Gasteiger partial charge in [0.2, 0.25) is 0 Å². The van der Waals surface area contributed by atoms with Crippen LogP contribution in [0.15, 0.2) is 0 Å². The zero-order valence-electron chi connectivity index (χ0n) is 8.74. The maximum Gasteiger partial charge on any atom is 0.272 e. The number of aromatic nitrogens is 2. The molecule has 82 valence electrons. The maximum absolute atomic E-state index is 11.7. The standard InChI is InChI=1S/C9H13N3O2S/c1-6-7(12-15-11-6)8(13)10-3-9(2)4-14-5-9/h3-5H2,1-2H3,(H,10,13). The monoisotopic (exact) mass is 227 g/mol. The third-order valence-corrected chi connectivity index (χ3v) is 3.06. The fraction of sp³-hybridized carbons (Fsp3) is 0.667. The quantitative estimate of drug-likeness (QED) is 0.822. The molecular formula is C9H13N3O2S. The van der Waals surface area contributed by atoms with Gasteiger partial charge in [-0.15, -0.1) is 0 Å². The highest BCUT2D eigenvalue weighted by Gasteiger charge is 2.33. The Kier molecular flexibility index (Phi) is 2.70. The van der Waals surface area contributed by atoms with Crippen LogP contribution in [-0.2, 0) is 4.74 Å². The summed E-state index contributed by atoms with van der Waals surface area (Å²) in [6, 6.07) is 0. The van der Waals surface area contributed by atoms with Crippen molar-refractivity contribution < 1.29 is 9.53 Å². The predicted octanol–water partition coefficient (Wildman–Crippen LogP) is 0.613. The number of rotatable bonds is 3. The van der Waals surface area contributed by atoms with Gasteiger partial charge in [0, 0.05) is 12.0 Å². The number of carbonyl (C=O) groups is 1. The highest BCUT2D eigenvalue weighted by molar-refractivity contribution is 6.99. The van der Waals surface area contributed by atoms with Crippen molar-refractivity contribution in [1.82, 2.24) is 14.1 Å². The lowest BCUT2D eigenvalue weighted by molar-refractivity contribution is -0.0978. The Morgan fingerprint density at radius 1 is 1.60 bits per heavy atom. The Balaban J connectivity index is 1.90. The van der Waals surface area contributed by atoms with Gasteiger partial charge >= 0.3 is 0 Å². The molecule has 0 unspecified atom stereocenters. The molecule has 15 heavy (non-hydrogen) atoms. The predicted molar refractivity (Wildman–Crippen MR) is 55.9 cm³/mol. The van der Waals surface area contributed by atoms with Gasteiger partial charge in [0.15, 0.2) is 5.69 Å². The Bertz CT molecular complexity index is 373. The lowest BCUT2D eigenvalue weighted by Crippen LogP contribution is -2.48. The van der Waals surface area contributed by atoms with E-state index in [4.69, 9.17) is 4.74 Å². The van der Waals surface area contributed by atoms with Crippen LogP contribution in [0, 0.1) is 12.3 Å². The van der Waals surface area contributed by atoms with E-state index in [9.17, 15) is 4.79 Å². The van der Waals surface area contributed by atoms with Crippen LogP contribution in [0.3, 0.4) is 0 Å². The minimum absolute atomic E-state index is 0.0903. The zero-order valence-corrected chi connectivity index (χ0v) is 9.56. The molecule has 1 N–H and O–H groups in total. The Hall–Kier alpha value is -1.01. The van der Waals surface area contributed by atoms with Crippen molar-refractivity contribution in [3.05, 3.63) is 11.4 Å². The zero-order chi connectivity index (χ0) is 10.9. The van der Waals surface area contributed by atoms with Crippen molar-refractivity contribution in [2.45, 2.75) is 13.8 Å². The summed E-state index contributed by atoms with van der Waals surface area (Å²) in [6.07, 6.45) is 0. The van der Waals surface area contributed by atoms with E-state index in [2.05, 4.69) is 21.0 Å². The van der Waals surface area contributed by atoms with E-state index in [0.717, 1.165) is 11.7 Å². The van der Waals surface area contributed by atoms with Crippen molar-refractivity contribution in [3.8, 4) is 0 Å². The summed E-state index contributed by atoms with van der Waals surface area (Å²) < 4.78 is 13.0. The topological polar surface area (TPSA) is 64.1 Å². The number of amides is 1. The molecule has 0 spiro atoms. The second-order valence-corrected chi connectivity index (χ2v) is 4.71. The molecular weight excluding hydrogens is 214 g/mol. The normalized spacial score (nSPS) is 18.3. The highest BCUT2D eigenvalue weighted by atomic mass is 32.1. The van der Waals surface area contributed by atoms with Crippen LogP contribution >= 0.6 is 11.7 Å². The minimum Gasteiger partial charge on any atom is -0.380 e. The van der Waals surface area contributed by atoms with Gasteiger partial charge in [-0.25, -0.2) is 0 Å². The van der Waals surface area contributed by atoms with Crippen LogP contribution in [0.25, 0.3) is 0 Å². The van der Waals surface area contributed by atoms with Crippen LogP contribution in [0.4, 0.5) is 0 Å². The SMILES string of the molecule is Cc1nsnc1C(=O)NCC1(C)COC1. The molecule has 1 aliphatic rings. The number of carbonyl (C=O) groups excluding carboxylic acids is 1. The first-order valence-corrected chi connectivity index (χ1v) is 5.49. The van der Waals surface area contributed by atoms with Gasteiger partial charge in [0.1, 0.15) is 0 Å². The summed E-state index contributed by atoms with van der Waals surface area (Å²) in [5.41, 5.74) is 1.21.